The van der Waals surface area contributed by atoms with E-state index in [0.29, 0.717) is 5.92 Å². The summed E-state index contributed by atoms with van der Waals surface area (Å²) < 4.78 is 0. The Hall–Kier alpha value is -1.35. The predicted molar refractivity (Wildman–Crippen MR) is 88.2 cm³/mol. The molecule has 1 aliphatic rings. The van der Waals surface area contributed by atoms with Crippen LogP contribution in [0.3, 0.4) is 0 Å². The van der Waals surface area contributed by atoms with E-state index in [1.54, 1.807) is 0 Å². The Morgan fingerprint density at radius 1 is 1.33 bits per heavy atom. The van der Waals surface area contributed by atoms with Gasteiger partial charge in [0.15, 0.2) is 0 Å². The molecule has 2 rings (SSSR count). The van der Waals surface area contributed by atoms with Gasteiger partial charge in [0.2, 0.25) is 5.91 Å². The largest absolute Gasteiger partial charge is 0.327 e. The molecule has 1 fully saturated rings. The lowest BCUT2D eigenvalue weighted by Gasteiger charge is -2.47. The molecule has 0 bridgehead atoms. The lowest BCUT2D eigenvalue weighted by Crippen LogP contribution is -2.52. The minimum atomic E-state index is -0.0627. The Kier molecular flexibility index (Phi) is 4.43. The molecule has 3 atom stereocenters. The molecule has 3 heteroatoms. The molecule has 0 saturated heterocycles. The third-order valence-electron chi connectivity index (χ3n) is 5.52. The van der Waals surface area contributed by atoms with Crippen LogP contribution >= 0.6 is 0 Å². The fourth-order valence-electron chi connectivity index (χ4n) is 3.49. The van der Waals surface area contributed by atoms with Crippen molar-refractivity contribution in [2.75, 3.05) is 11.9 Å². The quantitative estimate of drug-likeness (QED) is 0.907. The SMILES string of the molecule is Cc1cccc(N(C)C(=O)C2CCC(N)C(C)C2(C)C)c1. The number of anilines is 1. The lowest BCUT2D eigenvalue weighted by molar-refractivity contribution is -0.129. The Bertz CT molecular complexity index is 524. The lowest BCUT2D eigenvalue weighted by atomic mass is 9.60. The van der Waals surface area contributed by atoms with E-state index >= 15 is 0 Å². The highest BCUT2D eigenvalue weighted by Crippen LogP contribution is 2.45. The van der Waals surface area contributed by atoms with Crippen LogP contribution in [-0.4, -0.2) is 19.0 Å². The summed E-state index contributed by atoms with van der Waals surface area (Å²) in [5.41, 5.74) is 8.28. The fraction of sp³-hybridized carbons (Fsp3) is 0.611. The van der Waals surface area contributed by atoms with E-state index in [-0.39, 0.29) is 23.3 Å². The van der Waals surface area contributed by atoms with Crippen LogP contribution in [0, 0.1) is 24.2 Å². The Morgan fingerprint density at radius 3 is 2.62 bits per heavy atom. The second kappa shape index (κ2) is 5.80. The number of benzene rings is 1. The van der Waals surface area contributed by atoms with Gasteiger partial charge in [0.25, 0.3) is 0 Å². The van der Waals surface area contributed by atoms with Gasteiger partial charge in [-0.1, -0.05) is 32.9 Å². The monoisotopic (exact) mass is 288 g/mol. The van der Waals surface area contributed by atoms with Crippen LogP contribution in [-0.2, 0) is 4.79 Å². The molecule has 1 aliphatic carbocycles. The van der Waals surface area contributed by atoms with Gasteiger partial charge in [-0.2, -0.15) is 0 Å². The zero-order valence-electron chi connectivity index (χ0n) is 13.9. The highest BCUT2D eigenvalue weighted by atomic mass is 16.2. The molecule has 0 radical (unpaired) electrons. The summed E-state index contributed by atoms with van der Waals surface area (Å²) in [6.45, 7) is 8.59. The maximum atomic E-state index is 13.0. The molecule has 1 amide bonds. The molecule has 0 aliphatic heterocycles. The van der Waals surface area contributed by atoms with Crippen molar-refractivity contribution < 1.29 is 4.79 Å². The summed E-state index contributed by atoms with van der Waals surface area (Å²) in [6.07, 6.45) is 1.82. The second-order valence-electron chi connectivity index (χ2n) is 7.14. The van der Waals surface area contributed by atoms with Crippen molar-refractivity contribution in [3.63, 3.8) is 0 Å². The fourth-order valence-corrected chi connectivity index (χ4v) is 3.49. The van der Waals surface area contributed by atoms with Crippen molar-refractivity contribution in [2.45, 2.75) is 46.6 Å². The summed E-state index contributed by atoms with van der Waals surface area (Å²) in [7, 11) is 1.88. The summed E-state index contributed by atoms with van der Waals surface area (Å²) in [6, 6.07) is 8.30. The number of amides is 1. The molecule has 0 heterocycles. The zero-order chi connectivity index (χ0) is 15.8. The van der Waals surface area contributed by atoms with E-state index in [0.717, 1.165) is 18.5 Å². The van der Waals surface area contributed by atoms with Crippen molar-refractivity contribution in [3.8, 4) is 0 Å². The van der Waals surface area contributed by atoms with Crippen LogP contribution in [0.2, 0.25) is 0 Å². The zero-order valence-corrected chi connectivity index (χ0v) is 13.9. The summed E-state index contributed by atoms with van der Waals surface area (Å²) in [5, 5.41) is 0. The number of carbonyl (C=O) groups excluding carboxylic acids is 1. The van der Waals surface area contributed by atoms with Gasteiger partial charge >= 0.3 is 0 Å². The van der Waals surface area contributed by atoms with Crippen LogP contribution in [0.15, 0.2) is 24.3 Å². The number of carbonyl (C=O) groups is 1. The Balaban J connectivity index is 2.23. The molecule has 1 saturated carbocycles. The maximum Gasteiger partial charge on any atom is 0.230 e. The Labute approximate surface area is 128 Å². The summed E-state index contributed by atoms with van der Waals surface area (Å²) in [4.78, 5) is 14.8. The van der Waals surface area contributed by atoms with Gasteiger partial charge in [0.1, 0.15) is 0 Å². The van der Waals surface area contributed by atoms with Gasteiger partial charge in [-0.3, -0.25) is 4.79 Å². The number of hydrogen-bond donors (Lipinski definition) is 1. The molecule has 21 heavy (non-hydrogen) atoms. The number of nitrogens with two attached hydrogens (primary N) is 1. The van der Waals surface area contributed by atoms with Gasteiger partial charge in [0.05, 0.1) is 0 Å². The van der Waals surface area contributed by atoms with Crippen molar-refractivity contribution >= 4 is 11.6 Å². The van der Waals surface area contributed by atoms with E-state index in [1.807, 2.05) is 37.1 Å². The molecule has 1 aromatic carbocycles. The number of nitrogens with zero attached hydrogens (tertiary/aromatic N) is 1. The topological polar surface area (TPSA) is 46.3 Å². The average molecular weight is 288 g/mol. The first kappa shape index (κ1) is 16.0. The standard InChI is InChI=1S/C18H28N2O/c1-12-7-6-8-14(11-12)20(5)17(21)15-9-10-16(19)13(2)18(15,3)4/h6-8,11,13,15-16H,9-10,19H2,1-5H3. The van der Waals surface area contributed by atoms with Crippen molar-refractivity contribution in [1.82, 2.24) is 0 Å². The minimum Gasteiger partial charge on any atom is -0.327 e. The van der Waals surface area contributed by atoms with Crippen molar-refractivity contribution in [2.24, 2.45) is 23.0 Å². The van der Waals surface area contributed by atoms with Gasteiger partial charge in [0, 0.05) is 24.7 Å². The molecule has 1 aromatic rings. The first-order chi connectivity index (χ1) is 9.75. The molecule has 116 valence electrons. The molecular weight excluding hydrogens is 260 g/mol. The average Bonchev–Trinajstić information content (AvgIpc) is 2.43. The van der Waals surface area contributed by atoms with E-state index < -0.39 is 0 Å². The van der Waals surface area contributed by atoms with Gasteiger partial charge in [-0.15, -0.1) is 0 Å². The van der Waals surface area contributed by atoms with Crippen molar-refractivity contribution in [3.05, 3.63) is 29.8 Å². The van der Waals surface area contributed by atoms with Gasteiger partial charge in [-0.25, -0.2) is 0 Å². The second-order valence-corrected chi connectivity index (χ2v) is 7.14. The Morgan fingerprint density at radius 2 is 2.00 bits per heavy atom. The van der Waals surface area contributed by atoms with E-state index in [4.69, 9.17) is 5.73 Å². The van der Waals surface area contributed by atoms with Crippen LogP contribution in [0.5, 0.6) is 0 Å². The van der Waals surface area contributed by atoms with E-state index in [9.17, 15) is 4.79 Å². The maximum absolute atomic E-state index is 13.0. The third-order valence-corrected chi connectivity index (χ3v) is 5.52. The van der Waals surface area contributed by atoms with E-state index in [2.05, 4.69) is 26.8 Å². The van der Waals surface area contributed by atoms with Gasteiger partial charge in [-0.05, 0) is 48.8 Å². The summed E-state index contributed by atoms with van der Waals surface area (Å²) >= 11 is 0. The first-order valence-electron chi connectivity index (χ1n) is 7.85. The molecule has 3 unspecified atom stereocenters. The van der Waals surface area contributed by atoms with Crippen LogP contribution in [0.25, 0.3) is 0 Å². The molecular formula is C18H28N2O. The number of rotatable bonds is 2. The van der Waals surface area contributed by atoms with E-state index in [1.165, 1.54) is 5.56 Å². The van der Waals surface area contributed by atoms with Crippen LogP contribution in [0.4, 0.5) is 5.69 Å². The third kappa shape index (κ3) is 2.98. The highest BCUT2D eigenvalue weighted by molar-refractivity contribution is 5.95. The number of aryl methyl sites for hydroxylation is 1. The highest BCUT2D eigenvalue weighted by Gasteiger charge is 2.45. The van der Waals surface area contributed by atoms with Gasteiger partial charge < -0.3 is 10.6 Å². The molecule has 0 spiro atoms. The summed E-state index contributed by atoms with van der Waals surface area (Å²) in [5.74, 6) is 0.605. The molecule has 0 aromatic heterocycles. The predicted octanol–water partition coefficient (Wildman–Crippen LogP) is 3.36. The van der Waals surface area contributed by atoms with Crippen molar-refractivity contribution in [1.29, 1.82) is 0 Å². The first-order valence-corrected chi connectivity index (χ1v) is 7.85. The molecule has 2 N–H and O–H groups in total. The normalized spacial score (nSPS) is 28.2. The molecule has 3 nitrogen and oxygen atoms in total. The van der Waals surface area contributed by atoms with Crippen LogP contribution in [0.1, 0.15) is 39.2 Å². The smallest absolute Gasteiger partial charge is 0.230 e. The minimum absolute atomic E-state index is 0.0396. The van der Waals surface area contributed by atoms with Crippen LogP contribution < -0.4 is 10.6 Å². The number of hydrogen-bond acceptors (Lipinski definition) is 2.